The van der Waals surface area contributed by atoms with Crippen molar-refractivity contribution in [1.82, 2.24) is 15.5 Å². The number of esters is 4. The van der Waals surface area contributed by atoms with Crippen molar-refractivity contribution in [1.29, 1.82) is 0 Å². The summed E-state index contributed by atoms with van der Waals surface area (Å²) in [4.78, 5) is 70.3. The molecule has 0 bridgehead atoms. The molecular weight excluding hydrogens is 572 g/mol. The van der Waals surface area contributed by atoms with Gasteiger partial charge < -0.3 is 34.3 Å². The Balaban J connectivity index is 2.57. The van der Waals surface area contributed by atoms with E-state index in [1.807, 2.05) is 0 Å². The summed E-state index contributed by atoms with van der Waals surface area (Å²) in [5.41, 5.74) is -5.38. The van der Waals surface area contributed by atoms with E-state index in [0.717, 1.165) is 27.7 Å². The summed E-state index contributed by atoms with van der Waals surface area (Å²) in [6, 6.07) is -4.02. The Kier molecular flexibility index (Phi) is 9.49. The maximum Gasteiger partial charge on any atom is 0.459 e. The topological polar surface area (TPSA) is 176 Å². The Morgan fingerprint density at radius 2 is 1.43 bits per heavy atom. The molecule has 2 rings (SSSR count). The highest BCUT2D eigenvalue weighted by molar-refractivity contribution is 5.85. The van der Waals surface area contributed by atoms with Gasteiger partial charge in [0.15, 0.2) is 18.4 Å². The minimum absolute atomic E-state index is 0.787. The lowest BCUT2D eigenvalue weighted by molar-refractivity contribution is -0.392. The molecule has 20 heteroatoms. The van der Waals surface area contributed by atoms with E-state index in [-0.39, 0.29) is 0 Å². The summed E-state index contributed by atoms with van der Waals surface area (Å²) in [6.45, 7) is 1.04. The molecule has 0 unspecified atom stereocenters. The first-order chi connectivity index (χ1) is 18.2. The van der Waals surface area contributed by atoms with Crippen molar-refractivity contribution in [3.8, 4) is 0 Å². The average Bonchev–Trinajstić information content (AvgIpc) is 3.14. The Labute approximate surface area is 220 Å². The van der Waals surface area contributed by atoms with Gasteiger partial charge in [-0.25, -0.2) is 4.79 Å². The largest absolute Gasteiger partial charge is 0.463 e. The number of carbonyl (C=O) groups excluding carboxylic acids is 6. The zero-order chi connectivity index (χ0) is 30.8. The van der Waals surface area contributed by atoms with Crippen LogP contribution in [0.2, 0.25) is 0 Å². The van der Waals surface area contributed by atoms with Gasteiger partial charge in [-0.15, -0.1) is 0 Å². The second kappa shape index (κ2) is 11.7. The molecule has 0 aromatic carbocycles. The van der Waals surface area contributed by atoms with Gasteiger partial charge in [0, 0.05) is 27.7 Å². The zero-order valence-electron chi connectivity index (χ0n) is 21.0. The van der Waals surface area contributed by atoms with Gasteiger partial charge in [-0.2, -0.15) is 26.3 Å². The number of ether oxygens (including phenoxy) is 5. The number of hydrogen-bond donors (Lipinski definition) is 2. The van der Waals surface area contributed by atoms with Gasteiger partial charge in [-0.05, 0) is 0 Å². The van der Waals surface area contributed by atoms with E-state index in [2.05, 4.69) is 10.1 Å². The lowest BCUT2D eigenvalue weighted by atomic mass is 9.95. The molecule has 2 fully saturated rings. The molecule has 2 saturated heterocycles. The van der Waals surface area contributed by atoms with Crippen molar-refractivity contribution in [2.24, 2.45) is 0 Å². The molecule has 0 spiro atoms. The summed E-state index contributed by atoms with van der Waals surface area (Å²) in [6.07, 6.45) is -20.0. The molecule has 0 aromatic rings. The minimum Gasteiger partial charge on any atom is -0.463 e. The lowest BCUT2D eigenvalue weighted by Gasteiger charge is -2.46. The first-order valence-corrected chi connectivity index (χ1v) is 11.0. The molecule has 3 amide bonds. The summed E-state index contributed by atoms with van der Waals surface area (Å²) >= 11 is 0. The number of carbonyl (C=O) groups is 6. The van der Waals surface area contributed by atoms with E-state index in [9.17, 15) is 55.1 Å². The number of rotatable bonds is 6. The van der Waals surface area contributed by atoms with Crippen molar-refractivity contribution >= 4 is 35.8 Å². The molecule has 226 valence electrons. The smallest absolute Gasteiger partial charge is 0.459 e. The third kappa shape index (κ3) is 6.83. The van der Waals surface area contributed by atoms with Crippen LogP contribution >= 0.6 is 0 Å². The second-order valence-corrected chi connectivity index (χ2v) is 8.42. The van der Waals surface area contributed by atoms with E-state index in [1.165, 1.54) is 0 Å². The fourth-order valence-corrected chi connectivity index (χ4v) is 3.94. The number of halogens is 6. The summed E-state index contributed by atoms with van der Waals surface area (Å²) in [5.74, 6) is -5.96. The van der Waals surface area contributed by atoms with Gasteiger partial charge >= 0.3 is 48.0 Å². The quantitative estimate of drug-likeness (QED) is 0.241. The third-order valence-electron chi connectivity index (χ3n) is 5.32. The highest BCUT2D eigenvalue weighted by Gasteiger charge is 2.81. The van der Waals surface area contributed by atoms with Crippen LogP contribution in [-0.4, -0.2) is 103 Å². The van der Waals surface area contributed by atoms with Crippen LogP contribution in [0.4, 0.5) is 31.1 Å². The summed E-state index contributed by atoms with van der Waals surface area (Å²) in [7, 11) is 0. The predicted octanol–water partition coefficient (Wildman–Crippen LogP) is 0.0318. The van der Waals surface area contributed by atoms with Crippen molar-refractivity contribution in [2.75, 3.05) is 13.2 Å². The first kappa shape index (κ1) is 32.4. The number of cyclic esters (lactones) is 1. The minimum atomic E-state index is -6.36. The average molecular weight is 595 g/mol. The van der Waals surface area contributed by atoms with E-state index in [4.69, 9.17) is 18.9 Å². The predicted molar refractivity (Wildman–Crippen MR) is 110 cm³/mol. The van der Waals surface area contributed by atoms with Gasteiger partial charge in [0.05, 0.1) is 0 Å². The van der Waals surface area contributed by atoms with Gasteiger partial charge in [0.2, 0.25) is 5.91 Å². The molecule has 2 aliphatic heterocycles. The van der Waals surface area contributed by atoms with Crippen molar-refractivity contribution in [3.05, 3.63) is 0 Å². The fraction of sp³-hybridized carbons (Fsp3) is 0.700. The molecule has 14 nitrogen and oxygen atoms in total. The number of urea groups is 1. The Morgan fingerprint density at radius 3 is 1.88 bits per heavy atom. The fourth-order valence-electron chi connectivity index (χ4n) is 3.94. The van der Waals surface area contributed by atoms with Crippen LogP contribution in [0.5, 0.6) is 0 Å². The summed E-state index contributed by atoms with van der Waals surface area (Å²) in [5, 5.41) is 3.82. The van der Waals surface area contributed by atoms with Crippen LogP contribution in [0.25, 0.3) is 0 Å². The van der Waals surface area contributed by atoms with Crippen LogP contribution < -0.4 is 10.6 Å². The molecule has 5 atom stereocenters. The summed E-state index contributed by atoms with van der Waals surface area (Å²) < 4.78 is 106. The van der Waals surface area contributed by atoms with Crippen LogP contribution in [0.15, 0.2) is 0 Å². The molecule has 0 radical (unpaired) electrons. The van der Waals surface area contributed by atoms with Crippen molar-refractivity contribution < 1.29 is 78.8 Å². The Bertz CT molecular complexity index is 1040. The van der Waals surface area contributed by atoms with Crippen LogP contribution in [0.1, 0.15) is 27.7 Å². The molecule has 40 heavy (non-hydrogen) atoms. The number of nitrogens with zero attached hydrogens (tertiary/aromatic N) is 1. The standard InChI is InChI=1S/C20H23F6N3O11/c1-7(30)27-13-15(38-10(4)33)14(37-9(3)32)11(6-36-8(2)31)39-16(13)28-17(35)29-5-12(34)40-18(29,19(21,22)23)20(24,25)26/h11,13-16H,5-6H2,1-4H3,(H,27,30)(H,28,35)/t11-,13-,14-,15-,16-/m1/s1. The second-order valence-electron chi connectivity index (χ2n) is 8.42. The number of alkyl halides is 6. The van der Waals surface area contributed by atoms with Crippen molar-refractivity contribution in [3.63, 3.8) is 0 Å². The van der Waals surface area contributed by atoms with Gasteiger partial charge in [-0.3, -0.25) is 28.9 Å². The van der Waals surface area contributed by atoms with E-state index in [1.54, 1.807) is 5.32 Å². The lowest BCUT2D eigenvalue weighted by Crippen LogP contribution is -2.72. The van der Waals surface area contributed by atoms with Crippen LogP contribution in [0, 0.1) is 0 Å². The maximum atomic E-state index is 13.7. The van der Waals surface area contributed by atoms with E-state index < -0.39 is 103 Å². The van der Waals surface area contributed by atoms with Crippen LogP contribution in [-0.2, 0) is 47.7 Å². The highest BCUT2D eigenvalue weighted by atomic mass is 19.4. The molecule has 2 N–H and O–H groups in total. The SMILES string of the molecule is CC(=O)N[C@@H]1[C@@H](OC(C)=O)[C@H](OC(C)=O)[C@@H](COC(C)=O)O[C@H]1NC(=O)N1CC(=O)OC1(C(F)(F)F)C(F)(F)F. The number of hydrogen-bond acceptors (Lipinski definition) is 11. The number of amides is 3. The molecular formula is C20H23F6N3O11. The van der Waals surface area contributed by atoms with Gasteiger partial charge in [-0.1, -0.05) is 0 Å². The van der Waals surface area contributed by atoms with Gasteiger partial charge in [0.1, 0.15) is 25.3 Å². The van der Waals surface area contributed by atoms with Crippen LogP contribution in [0.3, 0.4) is 0 Å². The van der Waals surface area contributed by atoms with E-state index in [0.29, 0.717) is 0 Å². The third-order valence-corrected chi connectivity index (χ3v) is 5.32. The Morgan fingerprint density at radius 1 is 0.900 bits per heavy atom. The highest BCUT2D eigenvalue weighted by Crippen LogP contribution is 2.50. The first-order valence-electron chi connectivity index (χ1n) is 11.0. The molecule has 0 aliphatic carbocycles. The normalized spacial score (nSPS) is 26.3. The monoisotopic (exact) mass is 595 g/mol. The molecule has 2 aliphatic rings. The Hall–Kier alpha value is -3.84. The molecule has 0 aromatic heterocycles. The number of nitrogens with one attached hydrogen (secondary N) is 2. The van der Waals surface area contributed by atoms with Crippen molar-refractivity contribution in [2.45, 2.75) is 76.4 Å². The van der Waals surface area contributed by atoms with E-state index >= 15 is 0 Å². The maximum absolute atomic E-state index is 13.7. The molecule has 2 heterocycles. The zero-order valence-corrected chi connectivity index (χ0v) is 21.0. The molecule has 0 saturated carbocycles. The van der Waals surface area contributed by atoms with Gasteiger partial charge in [0.25, 0.3) is 0 Å².